The van der Waals surface area contributed by atoms with E-state index in [0.717, 1.165) is 23.7 Å². The summed E-state index contributed by atoms with van der Waals surface area (Å²) in [6.07, 6.45) is 4.80. The first-order chi connectivity index (χ1) is 9.07. The smallest absolute Gasteiger partial charge is 0.196 e. The number of unbranched alkanes of at least 4 members (excludes halogenated alkanes) is 2. The number of halogens is 1. The van der Waals surface area contributed by atoms with E-state index < -0.39 is 0 Å². The first kappa shape index (κ1) is 14.2. The summed E-state index contributed by atoms with van der Waals surface area (Å²) in [6, 6.07) is 7.81. The topological polar surface area (TPSA) is 41.6 Å². The van der Waals surface area contributed by atoms with E-state index >= 15 is 0 Å². The summed E-state index contributed by atoms with van der Waals surface area (Å²) in [5, 5.41) is 0.742. The van der Waals surface area contributed by atoms with Crippen LogP contribution >= 0.6 is 11.6 Å². The molecule has 0 aromatic heterocycles. The van der Waals surface area contributed by atoms with Crippen molar-refractivity contribution in [2.45, 2.75) is 45.1 Å². The van der Waals surface area contributed by atoms with E-state index in [-0.39, 0.29) is 5.54 Å². The molecule has 4 heteroatoms. The molecule has 1 unspecified atom stereocenters. The second kappa shape index (κ2) is 5.83. The van der Waals surface area contributed by atoms with Gasteiger partial charge < -0.3 is 10.6 Å². The Morgan fingerprint density at radius 1 is 1.32 bits per heavy atom. The second-order valence-electron chi connectivity index (χ2n) is 5.44. The highest BCUT2D eigenvalue weighted by Gasteiger charge is 2.38. The number of nitrogens with zero attached hydrogens (tertiary/aromatic N) is 2. The number of rotatable bonds is 5. The molecule has 1 heterocycles. The highest BCUT2D eigenvalue weighted by molar-refractivity contribution is 6.30. The monoisotopic (exact) mass is 279 g/mol. The standard InChI is InChI=1S/C15H22ClN3/c1-3-4-5-10-15(2)11-18-14(17)19(15)13-8-6-12(16)7-9-13/h6-9H,3-5,10-11H2,1-2H3,(H2,17,18). The van der Waals surface area contributed by atoms with Gasteiger partial charge in [0.15, 0.2) is 5.96 Å². The molecule has 0 spiro atoms. The van der Waals surface area contributed by atoms with E-state index in [1.165, 1.54) is 19.3 Å². The molecule has 1 atom stereocenters. The third-order valence-electron chi connectivity index (χ3n) is 3.75. The predicted octanol–water partition coefficient (Wildman–Crippen LogP) is 3.81. The molecular weight excluding hydrogens is 258 g/mol. The maximum Gasteiger partial charge on any atom is 0.196 e. The molecule has 1 aromatic carbocycles. The minimum absolute atomic E-state index is 0.00686. The maximum atomic E-state index is 6.07. The zero-order chi connectivity index (χ0) is 13.9. The fourth-order valence-electron chi connectivity index (χ4n) is 2.65. The highest BCUT2D eigenvalue weighted by atomic mass is 35.5. The average Bonchev–Trinajstić information content (AvgIpc) is 2.68. The van der Waals surface area contributed by atoms with Crippen LogP contribution in [0, 0.1) is 0 Å². The SMILES string of the molecule is CCCCCC1(C)CN=C(N)N1c1ccc(Cl)cc1. The fraction of sp³-hybridized carbons (Fsp3) is 0.533. The Kier molecular flexibility index (Phi) is 4.35. The van der Waals surface area contributed by atoms with Crippen molar-refractivity contribution in [3.63, 3.8) is 0 Å². The second-order valence-corrected chi connectivity index (χ2v) is 5.88. The fourth-order valence-corrected chi connectivity index (χ4v) is 2.78. The maximum absolute atomic E-state index is 6.07. The lowest BCUT2D eigenvalue weighted by molar-refractivity contribution is 0.438. The third-order valence-corrected chi connectivity index (χ3v) is 4.01. The molecule has 0 radical (unpaired) electrons. The van der Waals surface area contributed by atoms with Crippen LogP contribution in [0.5, 0.6) is 0 Å². The summed E-state index contributed by atoms with van der Waals surface area (Å²) < 4.78 is 0. The van der Waals surface area contributed by atoms with Crippen LogP contribution < -0.4 is 10.6 Å². The van der Waals surface area contributed by atoms with Crippen LogP contribution in [0.4, 0.5) is 5.69 Å². The van der Waals surface area contributed by atoms with Gasteiger partial charge in [0.25, 0.3) is 0 Å². The lowest BCUT2D eigenvalue weighted by atomic mass is 9.93. The van der Waals surface area contributed by atoms with E-state index in [1.54, 1.807) is 0 Å². The zero-order valence-corrected chi connectivity index (χ0v) is 12.5. The van der Waals surface area contributed by atoms with Crippen molar-refractivity contribution in [1.29, 1.82) is 0 Å². The molecular formula is C15H22ClN3. The molecule has 3 nitrogen and oxygen atoms in total. The number of aliphatic imine (C=N–C) groups is 1. The average molecular weight is 280 g/mol. The van der Waals surface area contributed by atoms with Gasteiger partial charge in [-0.25, -0.2) is 0 Å². The minimum atomic E-state index is -0.00686. The predicted molar refractivity (Wildman–Crippen MR) is 83.0 cm³/mol. The normalized spacial score (nSPS) is 22.7. The lowest BCUT2D eigenvalue weighted by Gasteiger charge is -2.36. The van der Waals surface area contributed by atoms with Crippen molar-refractivity contribution >= 4 is 23.2 Å². The van der Waals surface area contributed by atoms with Gasteiger partial charge in [-0.05, 0) is 37.6 Å². The lowest BCUT2D eigenvalue weighted by Crippen LogP contribution is -2.49. The van der Waals surface area contributed by atoms with Crippen molar-refractivity contribution in [1.82, 2.24) is 0 Å². The largest absolute Gasteiger partial charge is 0.369 e. The van der Waals surface area contributed by atoms with Gasteiger partial charge in [0.2, 0.25) is 0 Å². The van der Waals surface area contributed by atoms with Crippen LogP contribution in [0.3, 0.4) is 0 Å². The van der Waals surface area contributed by atoms with Gasteiger partial charge in [0, 0.05) is 10.7 Å². The van der Waals surface area contributed by atoms with Crippen molar-refractivity contribution in [2.24, 2.45) is 10.7 Å². The van der Waals surface area contributed by atoms with E-state index in [0.29, 0.717) is 5.96 Å². The molecule has 2 rings (SSSR count). The van der Waals surface area contributed by atoms with Gasteiger partial charge in [0.05, 0.1) is 12.1 Å². The van der Waals surface area contributed by atoms with Gasteiger partial charge in [0.1, 0.15) is 0 Å². The van der Waals surface area contributed by atoms with Gasteiger partial charge >= 0.3 is 0 Å². The van der Waals surface area contributed by atoms with Crippen molar-refractivity contribution in [3.8, 4) is 0 Å². The van der Waals surface area contributed by atoms with Crippen LogP contribution in [-0.2, 0) is 0 Å². The Bertz CT molecular complexity index is 455. The van der Waals surface area contributed by atoms with E-state index in [2.05, 4.69) is 23.7 Å². The van der Waals surface area contributed by atoms with Gasteiger partial charge in [-0.2, -0.15) is 0 Å². The molecule has 0 saturated heterocycles. The number of benzene rings is 1. The van der Waals surface area contributed by atoms with Gasteiger partial charge in [-0.1, -0.05) is 37.8 Å². The molecule has 0 fully saturated rings. The number of anilines is 1. The van der Waals surface area contributed by atoms with E-state index in [1.807, 2.05) is 24.3 Å². The Labute approximate surface area is 120 Å². The van der Waals surface area contributed by atoms with Crippen molar-refractivity contribution < 1.29 is 0 Å². The molecule has 0 saturated carbocycles. The molecule has 104 valence electrons. The number of guanidine groups is 1. The molecule has 0 bridgehead atoms. The van der Waals surface area contributed by atoms with Crippen molar-refractivity contribution in [3.05, 3.63) is 29.3 Å². The van der Waals surface area contributed by atoms with Crippen molar-refractivity contribution in [2.75, 3.05) is 11.4 Å². The third kappa shape index (κ3) is 3.03. The van der Waals surface area contributed by atoms with Crippen LogP contribution in [0.1, 0.15) is 39.5 Å². The number of hydrogen-bond acceptors (Lipinski definition) is 3. The summed E-state index contributed by atoms with van der Waals surface area (Å²) in [4.78, 5) is 6.59. The summed E-state index contributed by atoms with van der Waals surface area (Å²) in [5.41, 5.74) is 7.14. The van der Waals surface area contributed by atoms with Gasteiger partial charge in [-0.15, -0.1) is 0 Å². The van der Waals surface area contributed by atoms with Crippen LogP contribution in [0.25, 0.3) is 0 Å². The summed E-state index contributed by atoms with van der Waals surface area (Å²) >= 11 is 5.95. The van der Waals surface area contributed by atoms with Crippen LogP contribution in [-0.4, -0.2) is 18.0 Å². The summed E-state index contributed by atoms with van der Waals surface area (Å²) in [7, 11) is 0. The Morgan fingerprint density at radius 3 is 2.63 bits per heavy atom. The summed E-state index contributed by atoms with van der Waals surface area (Å²) in [6.45, 7) is 5.23. The molecule has 1 aliphatic rings. The Hall–Kier alpha value is -1.22. The zero-order valence-electron chi connectivity index (χ0n) is 11.7. The molecule has 1 aliphatic heterocycles. The molecule has 0 aliphatic carbocycles. The number of nitrogens with two attached hydrogens (primary N) is 1. The molecule has 19 heavy (non-hydrogen) atoms. The van der Waals surface area contributed by atoms with E-state index in [4.69, 9.17) is 17.3 Å². The quantitative estimate of drug-likeness (QED) is 0.833. The van der Waals surface area contributed by atoms with Crippen LogP contribution in [0.2, 0.25) is 5.02 Å². The highest BCUT2D eigenvalue weighted by Crippen LogP contribution is 2.33. The van der Waals surface area contributed by atoms with Gasteiger partial charge in [-0.3, -0.25) is 4.99 Å². The summed E-state index contributed by atoms with van der Waals surface area (Å²) in [5.74, 6) is 0.612. The Morgan fingerprint density at radius 2 is 2.00 bits per heavy atom. The molecule has 2 N–H and O–H groups in total. The van der Waals surface area contributed by atoms with E-state index in [9.17, 15) is 0 Å². The minimum Gasteiger partial charge on any atom is -0.369 e. The number of hydrogen-bond donors (Lipinski definition) is 1. The molecule has 0 amide bonds. The first-order valence-electron chi connectivity index (χ1n) is 6.92. The first-order valence-corrected chi connectivity index (χ1v) is 7.30. The van der Waals surface area contributed by atoms with Crippen LogP contribution in [0.15, 0.2) is 29.3 Å². The Balaban J connectivity index is 2.19. The molecule has 1 aromatic rings.